The molecule has 4 aliphatic carbocycles. The first-order valence-corrected chi connectivity index (χ1v) is 9.88. The molecule has 2 N–H and O–H groups in total. The lowest BCUT2D eigenvalue weighted by molar-refractivity contribution is -0.266. The largest absolute Gasteiger partial charge is 0.458 e. The number of aliphatic hydroxyl groups is 2. The summed E-state index contributed by atoms with van der Waals surface area (Å²) in [5.74, 6) is 0.481. The van der Waals surface area contributed by atoms with Crippen LogP contribution < -0.4 is 0 Å². The van der Waals surface area contributed by atoms with Crippen LogP contribution in [0, 0.1) is 22.7 Å². The summed E-state index contributed by atoms with van der Waals surface area (Å²) in [5.41, 5.74) is -3.24. The topological polar surface area (TPSA) is 66.8 Å². The van der Waals surface area contributed by atoms with Crippen LogP contribution in [-0.2, 0) is 9.53 Å². The zero-order valence-electron chi connectivity index (χ0n) is 16.8. The molecule has 4 rings (SSSR count). The van der Waals surface area contributed by atoms with E-state index in [2.05, 4.69) is 34.6 Å². The van der Waals surface area contributed by atoms with Crippen LogP contribution in [-0.4, -0.2) is 33.0 Å². The number of hydrogen-bond acceptors (Lipinski definition) is 4. The average Bonchev–Trinajstić information content (AvgIpc) is 2.30. The van der Waals surface area contributed by atoms with Gasteiger partial charge in [-0.3, -0.25) is 4.79 Å². The summed E-state index contributed by atoms with van der Waals surface area (Å²) in [6.45, 7) is 12.6. The van der Waals surface area contributed by atoms with E-state index in [1.165, 1.54) is 0 Å². The van der Waals surface area contributed by atoms with Gasteiger partial charge >= 0.3 is 5.97 Å². The summed E-state index contributed by atoms with van der Waals surface area (Å²) in [6, 6.07) is 0. The summed E-state index contributed by atoms with van der Waals surface area (Å²) in [4.78, 5) is 13.4. The second kappa shape index (κ2) is 5.45. The zero-order chi connectivity index (χ0) is 18.9. The van der Waals surface area contributed by atoms with Gasteiger partial charge in [-0.2, -0.15) is 0 Å². The van der Waals surface area contributed by atoms with Crippen LogP contribution >= 0.6 is 0 Å². The Morgan fingerprint density at radius 3 is 1.96 bits per heavy atom. The smallest absolute Gasteiger partial charge is 0.312 e. The molecular formula is C21H36O4. The molecule has 4 nitrogen and oxygen atoms in total. The van der Waals surface area contributed by atoms with Gasteiger partial charge in [-0.15, -0.1) is 0 Å². The molecule has 25 heavy (non-hydrogen) atoms. The van der Waals surface area contributed by atoms with Crippen LogP contribution in [0.4, 0.5) is 0 Å². The normalized spacial score (nSPS) is 42.5. The minimum absolute atomic E-state index is 0.164. The Morgan fingerprint density at radius 2 is 1.56 bits per heavy atom. The van der Waals surface area contributed by atoms with E-state index in [1.54, 1.807) is 0 Å². The van der Waals surface area contributed by atoms with Gasteiger partial charge in [0.2, 0.25) is 0 Å². The number of carbonyl (C=O) groups is 1. The minimum atomic E-state index is -0.870. The van der Waals surface area contributed by atoms with Crippen molar-refractivity contribution >= 4 is 5.97 Å². The van der Waals surface area contributed by atoms with Gasteiger partial charge in [0.05, 0.1) is 16.6 Å². The number of hydrogen-bond donors (Lipinski definition) is 2. The maximum atomic E-state index is 13.4. The number of esters is 1. The van der Waals surface area contributed by atoms with Crippen LogP contribution in [0.5, 0.6) is 0 Å². The predicted molar refractivity (Wildman–Crippen MR) is 96.9 cm³/mol. The van der Waals surface area contributed by atoms with Crippen LogP contribution in [0.2, 0.25) is 0 Å². The van der Waals surface area contributed by atoms with E-state index in [0.29, 0.717) is 25.2 Å². The molecule has 0 aromatic heterocycles. The summed E-state index contributed by atoms with van der Waals surface area (Å²) in [6.07, 6.45) is 4.40. The molecule has 4 heteroatoms. The lowest BCUT2D eigenvalue weighted by Gasteiger charge is -2.62. The molecule has 0 aliphatic heterocycles. The van der Waals surface area contributed by atoms with Crippen molar-refractivity contribution in [1.82, 2.24) is 0 Å². The Hall–Kier alpha value is -0.610. The van der Waals surface area contributed by atoms with E-state index < -0.39 is 22.2 Å². The first-order chi connectivity index (χ1) is 11.2. The lowest BCUT2D eigenvalue weighted by atomic mass is 9.50. The molecule has 0 radical (unpaired) electrons. The highest BCUT2D eigenvalue weighted by molar-refractivity contribution is 5.78. The first kappa shape index (κ1) is 19.2. The molecule has 0 heterocycles. The maximum absolute atomic E-state index is 13.4. The van der Waals surface area contributed by atoms with E-state index in [0.717, 1.165) is 25.7 Å². The average molecular weight is 353 g/mol. The van der Waals surface area contributed by atoms with Crippen molar-refractivity contribution in [2.45, 2.75) is 103 Å². The van der Waals surface area contributed by atoms with Crippen molar-refractivity contribution in [1.29, 1.82) is 0 Å². The van der Waals surface area contributed by atoms with Gasteiger partial charge in [-0.25, -0.2) is 0 Å². The van der Waals surface area contributed by atoms with Gasteiger partial charge in [0, 0.05) is 19.3 Å². The third kappa shape index (κ3) is 3.25. The Morgan fingerprint density at radius 1 is 1.04 bits per heavy atom. The fraction of sp³-hybridized carbons (Fsp3) is 0.952. The van der Waals surface area contributed by atoms with Crippen LogP contribution in [0.3, 0.4) is 0 Å². The van der Waals surface area contributed by atoms with Gasteiger partial charge in [-0.05, 0) is 49.9 Å². The highest BCUT2D eigenvalue weighted by Gasteiger charge is 2.65. The van der Waals surface area contributed by atoms with Crippen LogP contribution in [0.15, 0.2) is 0 Å². The molecule has 4 fully saturated rings. The summed E-state index contributed by atoms with van der Waals surface area (Å²) >= 11 is 0. The number of ether oxygens (including phenoxy) is 1. The fourth-order valence-electron chi connectivity index (χ4n) is 6.19. The van der Waals surface area contributed by atoms with E-state index in [9.17, 15) is 15.0 Å². The Labute approximate surface area is 152 Å². The second-order valence-corrected chi connectivity index (χ2v) is 11.2. The molecule has 3 atom stereocenters. The van der Waals surface area contributed by atoms with Gasteiger partial charge in [0.1, 0.15) is 5.60 Å². The van der Waals surface area contributed by atoms with Crippen molar-refractivity contribution in [2.24, 2.45) is 22.7 Å². The number of rotatable bonds is 4. The molecule has 3 unspecified atom stereocenters. The van der Waals surface area contributed by atoms with Crippen molar-refractivity contribution in [3.63, 3.8) is 0 Å². The first-order valence-electron chi connectivity index (χ1n) is 9.88. The van der Waals surface area contributed by atoms with Crippen molar-refractivity contribution < 1.29 is 19.7 Å². The molecule has 0 aromatic carbocycles. The van der Waals surface area contributed by atoms with E-state index in [-0.39, 0.29) is 17.3 Å². The number of carbonyl (C=O) groups excluding carboxylic acids is 1. The van der Waals surface area contributed by atoms with Crippen molar-refractivity contribution in [3.8, 4) is 0 Å². The third-order valence-corrected chi connectivity index (χ3v) is 7.19. The van der Waals surface area contributed by atoms with Crippen molar-refractivity contribution in [3.05, 3.63) is 0 Å². The van der Waals surface area contributed by atoms with Crippen molar-refractivity contribution in [2.75, 3.05) is 0 Å². The van der Waals surface area contributed by atoms with Gasteiger partial charge in [0.25, 0.3) is 0 Å². The fourth-order valence-corrected chi connectivity index (χ4v) is 6.19. The molecule has 0 aromatic rings. The Kier molecular flexibility index (Phi) is 4.18. The van der Waals surface area contributed by atoms with Gasteiger partial charge in [0.15, 0.2) is 0 Å². The predicted octanol–water partition coefficient (Wildman–Crippen LogP) is 3.83. The SMILES string of the molecule is CC(C)CC(C)(C(=O)OC12CC3CC(O)(CC(O)(C3)C1)C2)C(C)(C)C. The Balaban J connectivity index is 1.87. The molecule has 144 valence electrons. The third-order valence-electron chi connectivity index (χ3n) is 7.19. The molecule has 4 saturated carbocycles. The standard InChI is InChI=1S/C21H36O4/c1-14(2)7-18(6,17(3,4)5)16(22)25-21-10-15-8-19(23,12-21)11-20(24,9-15)13-21/h14-15,23-24H,7-13H2,1-6H3. The van der Waals surface area contributed by atoms with Crippen LogP contribution in [0.1, 0.15) is 86.5 Å². The Bertz CT molecular complexity index is 543. The van der Waals surface area contributed by atoms with E-state index >= 15 is 0 Å². The maximum Gasteiger partial charge on any atom is 0.312 e. The van der Waals surface area contributed by atoms with Crippen LogP contribution in [0.25, 0.3) is 0 Å². The molecule has 0 saturated heterocycles. The molecule has 4 aliphatic rings. The lowest BCUT2D eigenvalue weighted by Crippen LogP contribution is -2.67. The minimum Gasteiger partial charge on any atom is -0.458 e. The second-order valence-electron chi connectivity index (χ2n) is 11.2. The molecule has 0 spiro atoms. The monoisotopic (exact) mass is 352 g/mol. The van der Waals surface area contributed by atoms with Gasteiger partial charge in [-0.1, -0.05) is 34.6 Å². The summed E-state index contributed by atoms with van der Waals surface area (Å²) < 4.78 is 6.21. The zero-order valence-corrected chi connectivity index (χ0v) is 16.8. The highest BCUT2D eigenvalue weighted by Crippen LogP contribution is 2.61. The van der Waals surface area contributed by atoms with E-state index in [4.69, 9.17) is 4.74 Å². The molecular weight excluding hydrogens is 316 g/mol. The molecule has 4 bridgehead atoms. The van der Waals surface area contributed by atoms with E-state index in [1.807, 2.05) is 6.92 Å². The highest BCUT2D eigenvalue weighted by atomic mass is 16.6. The quantitative estimate of drug-likeness (QED) is 0.755. The summed E-state index contributed by atoms with van der Waals surface area (Å²) in [5, 5.41) is 21.8. The molecule has 0 amide bonds. The summed E-state index contributed by atoms with van der Waals surface area (Å²) in [7, 11) is 0. The van der Waals surface area contributed by atoms with Gasteiger partial charge < -0.3 is 14.9 Å².